The molecule has 25 heavy (non-hydrogen) atoms. The molecule has 0 fully saturated rings. The van der Waals surface area contributed by atoms with Crippen molar-refractivity contribution in [2.24, 2.45) is 0 Å². The highest BCUT2D eigenvalue weighted by Gasteiger charge is 2.29. The Labute approximate surface area is 146 Å². The summed E-state index contributed by atoms with van der Waals surface area (Å²) >= 11 is 0. The largest absolute Gasteiger partial charge is 0.367 e. The van der Waals surface area contributed by atoms with Gasteiger partial charge < -0.3 is 14.5 Å². The maximum atomic E-state index is 12.6. The highest BCUT2D eigenvalue weighted by atomic mass is 16.2. The molecule has 0 saturated carbocycles. The average molecular weight is 335 g/mol. The molecule has 4 rings (SSSR count). The zero-order chi connectivity index (χ0) is 17.2. The predicted molar refractivity (Wildman–Crippen MR) is 94.1 cm³/mol. The first-order valence-corrected chi connectivity index (χ1v) is 8.61. The van der Waals surface area contributed by atoms with Gasteiger partial charge in [-0.25, -0.2) is 0 Å². The third-order valence-electron chi connectivity index (χ3n) is 4.71. The number of hydrogen-bond acceptors (Lipinski definition) is 3. The number of carbonyl (C=O) groups excluding carboxylic acids is 1. The summed E-state index contributed by atoms with van der Waals surface area (Å²) in [6, 6.07) is 12.4. The van der Waals surface area contributed by atoms with Gasteiger partial charge in [-0.15, -0.1) is 10.2 Å². The van der Waals surface area contributed by atoms with Crippen molar-refractivity contribution in [1.82, 2.24) is 24.6 Å². The lowest BCUT2D eigenvalue weighted by Crippen LogP contribution is -2.40. The molecule has 0 bridgehead atoms. The smallest absolute Gasteiger partial charge is 0.255 e. The van der Waals surface area contributed by atoms with E-state index in [1.165, 1.54) is 5.56 Å². The van der Waals surface area contributed by atoms with Crippen molar-refractivity contribution in [3.05, 3.63) is 71.6 Å². The third kappa shape index (κ3) is 3.07. The number of benzene rings is 1. The fraction of sp³-hybridized carbons (Fsp3) is 0.316. The number of carbonyl (C=O) groups is 1. The highest BCUT2D eigenvalue weighted by Crippen LogP contribution is 2.23. The Balaban J connectivity index is 1.50. The number of fused-ring (bicyclic) bond motifs is 1. The lowest BCUT2D eigenvalue weighted by molar-refractivity contribution is 0.0680. The zero-order valence-electron chi connectivity index (χ0n) is 14.2. The molecular weight excluding hydrogens is 314 g/mol. The molecule has 3 aromatic rings. The minimum absolute atomic E-state index is 0.0354. The van der Waals surface area contributed by atoms with Crippen LogP contribution in [-0.4, -0.2) is 37.1 Å². The monoisotopic (exact) mass is 335 g/mol. The number of nitrogens with zero attached hydrogens (tertiary/aromatic N) is 4. The molecule has 6 heteroatoms. The van der Waals surface area contributed by atoms with Gasteiger partial charge in [0.05, 0.1) is 18.2 Å². The van der Waals surface area contributed by atoms with Crippen LogP contribution in [0.15, 0.2) is 48.8 Å². The summed E-state index contributed by atoms with van der Waals surface area (Å²) in [7, 11) is 0. The Morgan fingerprint density at radius 2 is 2.04 bits per heavy atom. The average Bonchev–Trinajstić information content (AvgIpc) is 3.30. The van der Waals surface area contributed by atoms with Gasteiger partial charge in [0, 0.05) is 25.4 Å². The second kappa shape index (κ2) is 6.55. The Morgan fingerprint density at radius 3 is 2.80 bits per heavy atom. The summed E-state index contributed by atoms with van der Waals surface area (Å²) in [5.74, 6) is 1.90. The summed E-state index contributed by atoms with van der Waals surface area (Å²) in [6.45, 7) is 3.30. The maximum absolute atomic E-state index is 12.6. The van der Waals surface area contributed by atoms with Crippen molar-refractivity contribution in [3.63, 3.8) is 0 Å². The fourth-order valence-corrected chi connectivity index (χ4v) is 3.48. The van der Waals surface area contributed by atoms with Crippen LogP contribution < -0.4 is 0 Å². The normalized spacial score (nSPS) is 16.7. The molecule has 1 atom stereocenters. The summed E-state index contributed by atoms with van der Waals surface area (Å²) in [6.07, 6.45) is 5.30. The van der Waals surface area contributed by atoms with E-state index in [4.69, 9.17) is 0 Å². The first-order valence-electron chi connectivity index (χ1n) is 8.61. The number of rotatable bonds is 4. The molecule has 2 aromatic heterocycles. The molecule has 0 unspecified atom stereocenters. The van der Waals surface area contributed by atoms with Crippen LogP contribution in [0.2, 0.25) is 0 Å². The SMILES string of the molecule is C[C@H]1CN(C(=O)c2cc[nH]c2)Cc2nnc(CCc3ccccc3)n21. The number of H-pyrrole nitrogens is 1. The van der Waals surface area contributed by atoms with E-state index in [0.717, 1.165) is 24.5 Å². The van der Waals surface area contributed by atoms with Crippen molar-refractivity contribution in [3.8, 4) is 0 Å². The molecule has 0 saturated heterocycles. The topological polar surface area (TPSA) is 66.8 Å². The predicted octanol–water partition coefficient (Wildman–Crippen LogP) is 2.61. The van der Waals surface area contributed by atoms with E-state index in [1.807, 2.05) is 11.0 Å². The van der Waals surface area contributed by atoms with Gasteiger partial charge in [0.15, 0.2) is 5.82 Å². The minimum atomic E-state index is 0.0354. The Hall–Kier alpha value is -2.89. The van der Waals surface area contributed by atoms with Gasteiger partial charge in [-0.1, -0.05) is 30.3 Å². The van der Waals surface area contributed by atoms with Crippen molar-refractivity contribution in [2.75, 3.05) is 6.54 Å². The van der Waals surface area contributed by atoms with E-state index < -0.39 is 0 Å². The molecule has 1 N–H and O–H groups in total. The maximum Gasteiger partial charge on any atom is 0.255 e. The standard InChI is InChI=1S/C19H21N5O/c1-14-12-23(19(25)16-9-10-20-11-16)13-18-22-21-17(24(14)18)8-7-15-5-3-2-4-6-15/h2-6,9-11,14,20H,7-8,12-13H2,1H3/t14-/m0/s1. The lowest BCUT2D eigenvalue weighted by atomic mass is 10.1. The summed E-state index contributed by atoms with van der Waals surface area (Å²) < 4.78 is 2.20. The zero-order valence-corrected chi connectivity index (χ0v) is 14.2. The number of aromatic nitrogens is 4. The molecule has 0 aliphatic carbocycles. The molecule has 1 amide bonds. The molecule has 128 valence electrons. The van der Waals surface area contributed by atoms with E-state index >= 15 is 0 Å². The molecule has 0 spiro atoms. The first-order chi connectivity index (χ1) is 12.2. The highest BCUT2D eigenvalue weighted by molar-refractivity contribution is 5.94. The van der Waals surface area contributed by atoms with E-state index in [9.17, 15) is 4.79 Å². The molecule has 0 radical (unpaired) electrons. The second-order valence-electron chi connectivity index (χ2n) is 6.52. The summed E-state index contributed by atoms with van der Waals surface area (Å²) in [4.78, 5) is 17.4. The van der Waals surface area contributed by atoms with E-state index in [-0.39, 0.29) is 11.9 Å². The summed E-state index contributed by atoms with van der Waals surface area (Å²) in [5.41, 5.74) is 1.98. The number of aryl methyl sites for hydroxylation is 2. The molecule has 6 nitrogen and oxygen atoms in total. The van der Waals surface area contributed by atoms with Crippen LogP contribution in [0.4, 0.5) is 0 Å². The van der Waals surface area contributed by atoms with Crippen molar-refractivity contribution in [2.45, 2.75) is 32.4 Å². The van der Waals surface area contributed by atoms with Gasteiger partial charge in [-0.2, -0.15) is 0 Å². The van der Waals surface area contributed by atoms with Gasteiger partial charge in [-0.05, 0) is 25.0 Å². The van der Waals surface area contributed by atoms with Crippen LogP contribution >= 0.6 is 0 Å². The van der Waals surface area contributed by atoms with E-state index in [0.29, 0.717) is 18.7 Å². The number of amides is 1. The van der Waals surface area contributed by atoms with Gasteiger partial charge in [0.1, 0.15) is 5.82 Å². The number of nitrogens with one attached hydrogen (secondary N) is 1. The van der Waals surface area contributed by atoms with Crippen molar-refractivity contribution < 1.29 is 4.79 Å². The Bertz CT molecular complexity index is 853. The van der Waals surface area contributed by atoms with E-state index in [2.05, 4.69) is 50.9 Å². The van der Waals surface area contributed by atoms with Gasteiger partial charge >= 0.3 is 0 Å². The Kier molecular flexibility index (Phi) is 4.09. The van der Waals surface area contributed by atoms with Crippen molar-refractivity contribution in [1.29, 1.82) is 0 Å². The molecule has 1 aromatic carbocycles. The Morgan fingerprint density at radius 1 is 1.20 bits per heavy atom. The third-order valence-corrected chi connectivity index (χ3v) is 4.71. The van der Waals surface area contributed by atoms with E-state index in [1.54, 1.807) is 18.5 Å². The number of aromatic amines is 1. The summed E-state index contributed by atoms with van der Waals surface area (Å²) in [5, 5.41) is 8.73. The molecule has 3 heterocycles. The minimum Gasteiger partial charge on any atom is -0.367 e. The van der Waals surface area contributed by atoms with Crippen LogP contribution in [-0.2, 0) is 19.4 Å². The van der Waals surface area contributed by atoms with Crippen LogP contribution in [0, 0.1) is 0 Å². The van der Waals surface area contributed by atoms with Gasteiger partial charge in [-0.3, -0.25) is 4.79 Å². The van der Waals surface area contributed by atoms with Gasteiger partial charge in [0.2, 0.25) is 0 Å². The van der Waals surface area contributed by atoms with Gasteiger partial charge in [0.25, 0.3) is 5.91 Å². The second-order valence-corrected chi connectivity index (χ2v) is 6.52. The molecule has 1 aliphatic heterocycles. The molecule has 1 aliphatic rings. The fourth-order valence-electron chi connectivity index (χ4n) is 3.48. The van der Waals surface area contributed by atoms with Crippen LogP contribution in [0.3, 0.4) is 0 Å². The quantitative estimate of drug-likeness (QED) is 0.797. The van der Waals surface area contributed by atoms with Crippen LogP contribution in [0.1, 0.15) is 40.5 Å². The van der Waals surface area contributed by atoms with Crippen molar-refractivity contribution >= 4 is 5.91 Å². The first kappa shape index (κ1) is 15.6. The molecular formula is C19H21N5O. The van der Waals surface area contributed by atoms with Crippen LogP contribution in [0.25, 0.3) is 0 Å². The number of hydrogen-bond donors (Lipinski definition) is 1. The van der Waals surface area contributed by atoms with Crippen LogP contribution in [0.5, 0.6) is 0 Å². The lowest BCUT2D eigenvalue weighted by Gasteiger charge is -2.32.